The lowest BCUT2D eigenvalue weighted by atomic mass is 10.1. The van der Waals surface area contributed by atoms with Crippen molar-refractivity contribution in [1.29, 1.82) is 0 Å². The Balaban J connectivity index is 1.82. The number of carbonyl (C=O) groups is 1. The molecule has 1 aromatic rings. The molecule has 0 aliphatic carbocycles. The molecule has 0 unspecified atom stereocenters. The lowest BCUT2D eigenvalue weighted by Gasteiger charge is -2.35. The van der Waals surface area contributed by atoms with E-state index in [1.165, 1.54) is 4.31 Å². The zero-order valence-electron chi connectivity index (χ0n) is 15.1. The van der Waals surface area contributed by atoms with Gasteiger partial charge in [-0.3, -0.25) is 9.69 Å². The van der Waals surface area contributed by atoms with Crippen LogP contribution in [-0.2, 0) is 10.0 Å². The maximum absolute atomic E-state index is 12.6. The summed E-state index contributed by atoms with van der Waals surface area (Å²) in [6.07, 6.45) is 0.598. The molecule has 1 aliphatic rings. The minimum absolute atomic E-state index is 0.0210. The summed E-state index contributed by atoms with van der Waals surface area (Å²) in [5.74, 6) is 0.719. The molecule has 1 amide bonds. The fourth-order valence-electron chi connectivity index (χ4n) is 2.82. The minimum Gasteiger partial charge on any atom is -0.496 e. The molecule has 1 heterocycles. The van der Waals surface area contributed by atoms with Crippen LogP contribution in [0.4, 0.5) is 0 Å². The average molecular weight is 369 g/mol. The maximum Gasteiger partial charge on any atom is 0.257 e. The lowest BCUT2D eigenvalue weighted by molar-refractivity contribution is 0.0634. The third kappa shape index (κ3) is 5.17. The molecule has 1 aromatic carbocycles. The highest BCUT2D eigenvalue weighted by molar-refractivity contribution is 7.89. The molecular weight excluding hydrogens is 342 g/mol. The number of hydrogen-bond donors (Lipinski definition) is 0. The number of piperazine rings is 1. The SMILES string of the molecule is COc1ccccc1C(=O)N1CCN(CCCS(=O)(=O)N(C)C)CC1. The largest absolute Gasteiger partial charge is 0.496 e. The Morgan fingerprint density at radius 2 is 1.80 bits per heavy atom. The van der Waals surface area contributed by atoms with E-state index >= 15 is 0 Å². The first-order valence-corrected chi connectivity index (χ1v) is 10.0. The Labute approximate surface area is 150 Å². The number of hydrogen-bond acceptors (Lipinski definition) is 5. The van der Waals surface area contributed by atoms with Crippen LogP contribution in [0.15, 0.2) is 24.3 Å². The Morgan fingerprint density at radius 1 is 1.16 bits per heavy atom. The van der Waals surface area contributed by atoms with E-state index in [1.54, 1.807) is 33.3 Å². The highest BCUT2D eigenvalue weighted by Crippen LogP contribution is 2.20. The van der Waals surface area contributed by atoms with Crippen LogP contribution in [0.1, 0.15) is 16.8 Å². The zero-order valence-corrected chi connectivity index (χ0v) is 16.0. The summed E-state index contributed by atoms with van der Waals surface area (Å²) in [4.78, 5) is 16.7. The van der Waals surface area contributed by atoms with Gasteiger partial charge in [-0.15, -0.1) is 0 Å². The summed E-state index contributed by atoms with van der Waals surface area (Å²) in [6.45, 7) is 3.50. The topological polar surface area (TPSA) is 70.2 Å². The van der Waals surface area contributed by atoms with Gasteiger partial charge in [0, 0.05) is 40.3 Å². The summed E-state index contributed by atoms with van der Waals surface area (Å²) in [7, 11) is 1.53. The van der Waals surface area contributed by atoms with Gasteiger partial charge in [0.2, 0.25) is 10.0 Å². The number of para-hydroxylation sites is 1. The monoisotopic (exact) mass is 369 g/mol. The second-order valence-corrected chi connectivity index (χ2v) is 8.59. The molecular formula is C17H27N3O4S. The van der Waals surface area contributed by atoms with Crippen molar-refractivity contribution < 1.29 is 17.9 Å². The molecule has 1 fully saturated rings. The van der Waals surface area contributed by atoms with E-state index in [1.807, 2.05) is 17.0 Å². The fourth-order valence-corrected chi connectivity index (χ4v) is 3.68. The summed E-state index contributed by atoms with van der Waals surface area (Å²) >= 11 is 0. The summed E-state index contributed by atoms with van der Waals surface area (Å²) in [6, 6.07) is 7.24. The van der Waals surface area contributed by atoms with Crippen LogP contribution in [0.25, 0.3) is 0 Å². The van der Waals surface area contributed by atoms with Crippen molar-refractivity contribution in [2.24, 2.45) is 0 Å². The molecule has 0 atom stereocenters. The number of amides is 1. The number of rotatable bonds is 7. The molecule has 25 heavy (non-hydrogen) atoms. The van der Waals surface area contributed by atoms with Gasteiger partial charge >= 0.3 is 0 Å². The van der Waals surface area contributed by atoms with E-state index < -0.39 is 10.0 Å². The molecule has 0 aromatic heterocycles. The Hall–Kier alpha value is -1.64. The number of benzene rings is 1. The summed E-state index contributed by atoms with van der Waals surface area (Å²) in [5.41, 5.74) is 0.579. The molecule has 140 valence electrons. The third-order valence-corrected chi connectivity index (χ3v) is 6.35. The minimum atomic E-state index is -3.14. The van der Waals surface area contributed by atoms with Crippen LogP contribution < -0.4 is 4.74 Å². The van der Waals surface area contributed by atoms with Gasteiger partial charge in [-0.1, -0.05) is 12.1 Å². The van der Waals surface area contributed by atoms with Crippen molar-refractivity contribution >= 4 is 15.9 Å². The smallest absolute Gasteiger partial charge is 0.257 e. The first kappa shape index (κ1) is 19.7. The van der Waals surface area contributed by atoms with Crippen molar-refractivity contribution in [2.45, 2.75) is 6.42 Å². The summed E-state index contributed by atoms with van der Waals surface area (Å²) < 4.78 is 30.1. The predicted molar refractivity (Wildman–Crippen MR) is 97.4 cm³/mol. The van der Waals surface area contributed by atoms with E-state index in [0.717, 1.165) is 19.6 Å². The fraction of sp³-hybridized carbons (Fsp3) is 0.588. The highest BCUT2D eigenvalue weighted by atomic mass is 32.2. The number of carbonyl (C=O) groups excluding carboxylic acids is 1. The van der Waals surface area contributed by atoms with Crippen molar-refractivity contribution in [1.82, 2.24) is 14.1 Å². The molecule has 2 rings (SSSR count). The van der Waals surface area contributed by atoms with E-state index in [-0.39, 0.29) is 11.7 Å². The molecule has 7 nitrogen and oxygen atoms in total. The molecule has 8 heteroatoms. The molecule has 1 aliphatic heterocycles. The van der Waals surface area contributed by atoms with E-state index in [2.05, 4.69) is 4.90 Å². The molecule has 1 saturated heterocycles. The number of ether oxygens (including phenoxy) is 1. The molecule has 0 bridgehead atoms. The van der Waals surface area contributed by atoms with Gasteiger partial charge in [-0.25, -0.2) is 12.7 Å². The van der Waals surface area contributed by atoms with Crippen LogP contribution in [0.2, 0.25) is 0 Å². The van der Waals surface area contributed by atoms with Crippen LogP contribution in [-0.4, -0.2) is 88.1 Å². The zero-order chi connectivity index (χ0) is 18.4. The van der Waals surface area contributed by atoms with E-state index in [4.69, 9.17) is 4.74 Å². The summed E-state index contributed by atoms with van der Waals surface area (Å²) in [5, 5.41) is 0. The normalized spacial score (nSPS) is 16.2. The highest BCUT2D eigenvalue weighted by Gasteiger charge is 2.24. The number of sulfonamides is 1. The molecule has 0 radical (unpaired) electrons. The van der Waals surface area contributed by atoms with E-state index in [0.29, 0.717) is 30.8 Å². The van der Waals surface area contributed by atoms with Crippen molar-refractivity contribution in [3.63, 3.8) is 0 Å². The second kappa shape index (κ2) is 8.64. The Bertz CT molecular complexity index is 683. The van der Waals surface area contributed by atoms with Gasteiger partial charge < -0.3 is 9.64 Å². The molecule has 0 spiro atoms. The van der Waals surface area contributed by atoms with Gasteiger partial charge in [0.15, 0.2) is 0 Å². The standard InChI is InChI=1S/C17H27N3O4S/c1-18(2)25(22,23)14-6-9-19-10-12-20(13-11-19)17(21)15-7-4-5-8-16(15)24-3/h4-5,7-8H,6,9-14H2,1-3H3. The van der Waals surface area contributed by atoms with Crippen LogP contribution in [0.5, 0.6) is 5.75 Å². The number of methoxy groups -OCH3 is 1. The Morgan fingerprint density at radius 3 is 2.40 bits per heavy atom. The molecule has 0 saturated carbocycles. The maximum atomic E-state index is 12.6. The van der Waals surface area contributed by atoms with E-state index in [9.17, 15) is 13.2 Å². The quantitative estimate of drug-likeness (QED) is 0.709. The van der Waals surface area contributed by atoms with Gasteiger partial charge in [-0.05, 0) is 25.1 Å². The van der Waals surface area contributed by atoms with Gasteiger partial charge in [0.1, 0.15) is 5.75 Å². The van der Waals surface area contributed by atoms with Crippen molar-refractivity contribution in [3.05, 3.63) is 29.8 Å². The third-order valence-electron chi connectivity index (χ3n) is 4.43. The van der Waals surface area contributed by atoms with Gasteiger partial charge in [0.25, 0.3) is 5.91 Å². The predicted octanol–water partition coefficient (Wildman–Crippen LogP) is 0.735. The van der Waals surface area contributed by atoms with Crippen molar-refractivity contribution in [2.75, 3.05) is 59.7 Å². The van der Waals surface area contributed by atoms with Crippen LogP contribution >= 0.6 is 0 Å². The Kier molecular flexibility index (Phi) is 6.80. The second-order valence-electron chi connectivity index (χ2n) is 6.29. The van der Waals surface area contributed by atoms with Gasteiger partial charge in [-0.2, -0.15) is 0 Å². The molecule has 0 N–H and O–H groups in total. The average Bonchev–Trinajstić information content (AvgIpc) is 2.61. The first-order chi connectivity index (χ1) is 11.8. The van der Waals surface area contributed by atoms with Gasteiger partial charge in [0.05, 0.1) is 18.4 Å². The van der Waals surface area contributed by atoms with Crippen LogP contribution in [0, 0.1) is 0 Å². The lowest BCUT2D eigenvalue weighted by Crippen LogP contribution is -2.49. The number of nitrogens with zero attached hydrogens (tertiary/aromatic N) is 3. The van der Waals surface area contributed by atoms with Crippen molar-refractivity contribution in [3.8, 4) is 5.75 Å². The van der Waals surface area contributed by atoms with Crippen LogP contribution in [0.3, 0.4) is 0 Å². The first-order valence-electron chi connectivity index (χ1n) is 8.40.